The molecule has 1 N–H and O–H groups in total. The van der Waals surface area contributed by atoms with E-state index in [0.29, 0.717) is 6.42 Å². The molecule has 0 amide bonds. The molecule has 2 nitrogen and oxygen atoms in total. The van der Waals surface area contributed by atoms with Crippen LogP contribution >= 0.6 is 0 Å². The zero-order valence-electron chi connectivity index (χ0n) is 18.0. The molecule has 0 saturated heterocycles. The molecule has 156 valence electrons. The summed E-state index contributed by atoms with van der Waals surface area (Å²) in [4.78, 5) is 12.7. The fourth-order valence-electron chi connectivity index (χ4n) is 4.66. The van der Waals surface area contributed by atoms with Crippen molar-refractivity contribution >= 4 is 5.97 Å². The van der Waals surface area contributed by atoms with E-state index in [4.69, 9.17) is 0 Å². The molecule has 30 heavy (non-hydrogen) atoms. The predicted molar refractivity (Wildman–Crippen MR) is 123 cm³/mol. The fourth-order valence-corrected chi connectivity index (χ4v) is 4.66. The summed E-state index contributed by atoms with van der Waals surface area (Å²) >= 11 is 0. The Morgan fingerprint density at radius 2 is 1.23 bits per heavy atom. The summed E-state index contributed by atoms with van der Waals surface area (Å²) in [6.07, 6.45) is 3.04. The van der Waals surface area contributed by atoms with Crippen LogP contribution in [0, 0.1) is 17.3 Å². The van der Waals surface area contributed by atoms with Crippen LogP contribution in [0.5, 0.6) is 0 Å². The number of hydrogen-bond acceptors (Lipinski definition) is 1. The number of rotatable bonds is 10. The minimum atomic E-state index is -0.698. The normalized spacial score (nSPS) is 14.2. The van der Waals surface area contributed by atoms with Gasteiger partial charge < -0.3 is 5.11 Å². The third-order valence-electron chi connectivity index (χ3n) is 6.52. The molecule has 3 aromatic carbocycles. The van der Waals surface area contributed by atoms with Gasteiger partial charge in [0.15, 0.2) is 0 Å². The van der Waals surface area contributed by atoms with Crippen LogP contribution in [0.25, 0.3) is 0 Å². The van der Waals surface area contributed by atoms with E-state index < -0.39 is 11.9 Å². The summed E-state index contributed by atoms with van der Waals surface area (Å²) in [6, 6.07) is 30.8. The molecule has 0 aliphatic rings. The summed E-state index contributed by atoms with van der Waals surface area (Å²) in [5.74, 6) is -0.924. The van der Waals surface area contributed by atoms with Gasteiger partial charge in [0, 0.05) is 0 Å². The molecule has 3 aromatic rings. The average Bonchev–Trinajstić information content (AvgIpc) is 2.77. The number of carboxylic acids is 1. The summed E-state index contributed by atoms with van der Waals surface area (Å²) in [7, 11) is 0. The van der Waals surface area contributed by atoms with Crippen LogP contribution in [0.4, 0.5) is 0 Å². The van der Waals surface area contributed by atoms with Gasteiger partial charge in [-0.15, -0.1) is 0 Å². The van der Waals surface area contributed by atoms with Gasteiger partial charge >= 0.3 is 5.97 Å². The molecular weight excluding hydrogens is 368 g/mol. The molecule has 0 fully saturated rings. The second-order valence-electron chi connectivity index (χ2n) is 8.62. The largest absolute Gasteiger partial charge is 0.481 e. The number of carboxylic acid groups (broad SMARTS) is 1. The highest BCUT2D eigenvalue weighted by Crippen LogP contribution is 2.45. The first-order valence-electron chi connectivity index (χ1n) is 10.9. The Labute approximate surface area is 180 Å². The van der Waals surface area contributed by atoms with Gasteiger partial charge in [0.2, 0.25) is 0 Å². The quantitative estimate of drug-likeness (QED) is 0.425. The molecule has 0 aliphatic heterocycles. The highest BCUT2D eigenvalue weighted by molar-refractivity contribution is 5.71. The van der Waals surface area contributed by atoms with Gasteiger partial charge in [0.1, 0.15) is 0 Å². The number of aliphatic carboxylic acids is 1. The Bertz CT molecular complexity index is 903. The smallest absolute Gasteiger partial charge is 0.307 e. The number of hydrogen-bond donors (Lipinski definition) is 1. The van der Waals surface area contributed by atoms with E-state index in [1.807, 2.05) is 54.6 Å². The Kier molecular flexibility index (Phi) is 7.46. The molecule has 0 spiro atoms. The Morgan fingerprint density at radius 1 is 0.767 bits per heavy atom. The maximum absolute atomic E-state index is 12.7. The van der Waals surface area contributed by atoms with Gasteiger partial charge in [0.25, 0.3) is 0 Å². The third kappa shape index (κ3) is 5.38. The maximum atomic E-state index is 12.7. The Morgan fingerprint density at radius 3 is 1.70 bits per heavy atom. The zero-order chi connectivity index (χ0) is 21.4. The predicted octanol–water partition coefficient (Wildman–Crippen LogP) is 6.45. The maximum Gasteiger partial charge on any atom is 0.307 e. The van der Waals surface area contributed by atoms with E-state index in [2.05, 4.69) is 50.2 Å². The topological polar surface area (TPSA) is 37.3 Å². The fraction of sp³-hybridized carbons (Fsp3) is 0.321. The van der Waals surface area contributed by atoms with Crippen LogP contribution in [-0.4, -0.2) is 11.1 Å². The number of carbonyl (C=O) groups is 1. The molecule has 2 atom stereocenters. The van der Waals surface area contributed by atoms with Crippen molar-refractivity contribution in [1.29, 1.82) is 0 Å². The van der Waals surface area contributed by atoms with E-state index >= 15 is 0 Å². The van der Waals surface area contributed by atoms with Gasteiger partial charge in [-0.2, -0.15) is 0 Å². The Balaban J connectivity index is 2.00. The van der Waals surface area contributed by atoms with Crippen molar-refractivity contribution in [2.24, 2.45) is 17.3 Å². The zero-order valence-corrected chi connectivity index (χ0v) is 18.0. The molecule has 0 radical (unpaired) electrons. The van der Waals surface area contributed by atoms with Crippen LogP contribution in [0.2, 0.25) is 0 Å². The van der Waals surface area contributed by atoms with E-state index in [1.54, 1.807) is 0 Å². The van der Waals surface area contributed by atoms with Crippen molar-refractivity contribution in [3.63, 3.8) is 0 Å². The molecular formula is C28H32O2. The second-order valence-corrected chi connectivity index (χ2v) is 8.62. The van der Waals surface area contributed by atoms with Crippen LogP contribution in [-0.2, 0) is 24.1 Å². The standard InChI is InChI=1S/C28H32O2/c1-22(2)28(21-25-16-10-5-11-17-25,19-18-23-12-6-3-7-13-23)26(27(29)30)20-24-14-8-4-9-15-24/h3-17,22,26H,18-21H2,1-2H3,(H,29,30). The summed E-state index contributed by atoms with van der Waals surface area (Å²) in [5.41, 5.74) is 3.21. The van der Waals surface area contributed by atoms with Crippen molar-refractivity contribution in [2.45, 2.75) is 39.5 Å². The lowest BCUT2D eigenvalue weighted by Crippen LogP contribution is -2.44. The first kappa shape index (κ1) is 21.8. The molecule has 0 bridgehead atoms. The monoisotopic (exact) mass is 400 g/mol. The second kappa shape index (κ2) is 10.2. The lowest BCUT2D eigenvalue weighted by Gasteiger charge is -2.43. The van der Waals surface area contributed by atoms with Gasteiger partial charge in [-0.3, -0.25) is 4.79 Å². The van der Waals surface area contributed by atoms with E-state index in [-0.39, 0.29) is 11.3 Å². The van der Waals surface area contributed by atoms with E-state index in [9.17, 15) is 9.90 Å². The van der Waals surface area contributed by atoms with Crippen molar-refractivity contribution < 1.29 is 9.90 Å². The molecule has 2 heteroatoms. The van der Waals surface area contributed by atoms with E-state index in [0.717, 1.165) is 24.8 Å². The van der Waals surface area contributed by atoms with Crippen molar-refractivity contribution in [3.05, 3.63) is 108 Å². The SMILES string of the molecule is CC(C)C(CCc1ccccc1)(Cc1ccccc1)C(Cc1ccccc1)C(=O)O. The van der Waals surface area contributed by atoms with Gasteiger partial charge in [0.05, 0.1) is 5.92 Å². The number of benzene rings is 3. The highest BCUT2D eigenvalue weighted by atomic mass is 16.4. The van der Waals surface area contributed by atoms with Gasteiger partial charge in [-0.05, 0) is 53.7 Å². The summed E-state index contributed by atoms with van der Waals surface area (Å²) in [6.45, 7) is 4.38. The van der Waals surface area contributed by atoms with Crippen LogP contribution in [0.15, 0.2) is 91.0 Å². The third-order valence-corrected chi connectivity index (χ3v) is 6.52. The van der Waals surface area contributed by atoms with Gasteiger partial charge in [-0.1, -0.05) is 105 Å². The lowest BCUT2D eigenvalue weighted by molar-refractivity contribution is -0.149. The lowest BCUT2D eigenvalue weighted by atomic mass is 9.60. The van der Waals surface area contributed by atoms with Crippen molar-refractivity contribution in [1.82, 2.24) is 0 Å². The first-order chi connectivity index (χ1) is 14.5. The van der Waals surface area contributed by atoms with Crippen LogP contribution in [0.3, 0.4) is 0 Å². The van der Waals surface area contributed by atoms with E-state index in [1.165, 1.54) is 11.1 Å². The molecule has 0 aliphatic carbocycles. The summed E-state index contributed by atoms with van der Waals surface area (Å²) in [5, 5.41) is 10.4. The molecule has 0 aromatic heterocycles. The molecule has 2 unspecified atom stereocenters. The highest BCUT2D eigenvalue weighted by Gasteiger charge is 2.45. The minimum Gasteiger partial charge on any atom is -0.481 e. The molecule has 3 rings (SSSR count). The average molecular weight is 401 g/mol. The van der Waals surface area contributed by atoms with Crippen LogP contribution < -0.4 is 0 Å². The van der Waals surface area contributed by atoms with Crippen LogP contribution in [0.1, 0.15) is 37.0 Å². The van der Waals surface area contributed by atoms with Crippen molar-refractivity contribution in [3.8, 4) is 0 Å². The minimum absolute atomic E-state index is 0.228. The summed E-state index contributed by atoms with van der Waals surface area (Å²) < 4.78 is 0. The van der Waals surface area contributed by atoms with Gasteiger partial charge in [-0.25, -0.2) is 0 Å². The molecule has 0 saturated carbocycles. The van der Waals surface area contributed by atoms with Crippen molar-refractivity contribution in [2.75, 3.05) is 0 Å². The Hall–Kier alpha value is -2.87. The number of aryl methyl sites for hydroxylation is 1. The first-order valence-corrected chi connectivity index (χ1v) is 10.9. The molecule has 0 heterocycles.